The van der Waals surface area contributed by atoms with E-state index in [0.717, 1.165) is 38.2 Å². The van der Waals surface area contributed by atoms with E-state index in [4.69, 9.17) is 0 Å². The van der Waals surface area contributed by atoms with Crippen molar-refractivity contribution in [1.29, 1.82) is 0 Å². The summed E-state index contributed by atoms with van der Waals surface area (Å²) in [5, 5.41) is 0. The summed E-state index contributed by atoms with van der Waals surface area (Å²) in [7, 11) is 0. The Balaban J connectivity index is 2.24. The Kier molecular flexibility index (Phi) is 5.80. The van der Waals surface area contributed by atoms with Crippen molar-refractivity contribution in [2.24, 2.45) is 5.92 Å². The lowest BCUT2D eigenvalue weighted by Gasteiger charge is -2.37. The molecule has 1 amide bonds. The zero-order valence-corrected chi connectivity index (χ0v) is 13.6. The summed E-state index contributed by atoms with van der Waals surface area (Å²) in [5.41, 5.74) is 1.12. The van der Waals surface area contributed by atoms with Gasteiger partial charge in [-0.1, -0.05) is 51.1 Å². The Morgan fingerprint density at radius 3 is 2.52 bits per heavy atom. The van der Waals surface area contributed by atoms with Gasteiger partial charge in [-0.2, -0.15) is 0 Å². The Labute approximate surface area is 128 Å². The van der Waals surface area contributed by atoms with Crippen molar-refractivity contribution in [3.63, 3.8) is 0 Å². The highest BCUT2D eigenvalue weighted by Gasteiger charge is 2.31. The number of likely N-dealkylation sites (tertiary alicyclic amines) is 1. The van der Waals surface area contributed by atoms with Crippen LogP contribution in [0.25, 0.3) is 0 Å². The molecule has 0 aromatic heterocycles. The Morgan fingerprint density at radius 2 is 1.95 bits per heavy atom. The standard InChI is InChI=1S/C18H28N2O/c1-4-19(5-2)17(16-11-7-6-8-12-16)18(21)20-13-9-10-15(3)14-20/h6-8,11-12,15,17H,4-5,9-10,13-14H2,1-3H3. The van der Waals surface area contributed by atoms with Crippen LogP contribution in [0, 0.1) is 5.92 Å². The summed E-state index contributed by atoms with van der Waals surface area (Å²) in [6.07, 6.45) is 2.37. The van der Waals surface area contributed by atoms with Crippen LogP contribution in [0.3, 0.4) is 0 Å². The van der Waals surface area contributed by atoms with Gasteiger partial charge in [0.2, 0.25) is 5.91 Å². The molecular formula is C18H28N2O. The molecule has 3 heteroatoms. The summed E-state index contributed by atoms with van der Waals surface area (Å²) in [5.74, 6) is 0.896. The number of benzene rings is 1. The monoisotopic (exact) mass is 288 g/mol. The van der Waals surface area contributed by atoms with Gasteiger partial charge in [0, 0.05) is 13.1 Å². The minimum atomic E-state index is -0.133. The Bertz CT molecular complexity index is 442. The first-order chi connectivity index (χ1) is 10.2. The third-order valence-electron chi connectivity index (χ3n) is 4.50. The third-order valence-corrected chi connectivity index (χ3v) is 4.50. The first kappa shape index (κ1) is 16.0. The summed E-state index contributed by atoms with van der Waals surface area (Å²) in [4.78, 5) is 17.4. The second kappa shape index (κ2) is 7.60. The van der Waals surface area contributed by atoms with Crippen LogP contribution in [-0.4, -0.2) is 41.9 Å². The molecule has 116 valence electrons. The molecule has 2 rings (SSSR count). The van der Waals surface area contributed by atoms with Gasteiger partial charge in [0.1, 0.15) is 6.04 Å². The van der Waals surface area contributed by atoms with Crippen LogP contribution in [-0.2, 0) is 4.79 Å². The van der Waals surface area contributed by atoms with Crippen LogP contribution in [0.1, 0.15) is 45.2 Å². The molecule has 1 aromatic carbocycles. The van der Waals surface area contributed by atoms with Crippen LogP contribution in [0.2, 0.25) is 0 Å². The van der Waals surface area contributed by atoms with E-state index in [1.54, 1.807) is 0 Å². The smallest absolute Gasteiger partial charge is 0.244 e. The SMILES string of the molecule is CCN(CC)C(C(=O)N1CCCC(C)C1)c1ccccc1. The maximum Gasteiger partial charge on any atom is 0.244 e. The van der Waals surface area contributed by atoms with Gasteiger partial charge >= 0.3 is 0 Å². The fourth-order valence-corrected chi connectivity index (χ4v) is 3.30. The summed E-state index contributed by atoms with van der Waals surface area (Å²) >= 11 is 0. The van der Waals surface area contributed by atoms with Crippen molar-refractivity contribution in [1.82, 2.24) is 9.80 Å². The number of carbonyl (C=O) groups is 1. The van der Waals surface area contributed by atoms with E-state index < -0.39 is 0 Å². The van der Waals surface area contributed by atoms with E-state index in [1.807, 2.05) is 18.2 Å². The molecule has 0 N–H and O–H groups in total. The molecule has 1 saturated heterocycles. The predicted molar refractivity (Wildman–Crippen MR) is 87.1 cm³/mol. The van der Waals surface area contributed by atoms with Gasteiger partial charge in [-0.25, -0.2) is 0 Å². The van der Waals surface area contributed by atoms with Crippen LogP contribution in [0.4, 0.5) is 0 Å². The fraction of sp³-hybridized carbons (Fsp3) is 0.611. The van der Waals surface area contributed by atoms with Gasteiger partial charge < -0.3 is 4.90 Å². The zero-order valence-electron chi connectivity index (χ0n) is 13.6. The van der Waals surface area contributed by atoms with Gasteiger partial charge in [-0.15, -0.1) is 0 Å². The summed E-state index contributed by atoms with van der Waals surface area (Å²) in [6, 6.07) is 10.1. The molecule has 2 unspecified atom stereocenters. The molecule has 0 aliphatic carbocycles. The minimum absolute atomic E-state index is 0.133. The third kappa shape index (κ3) is 3.85. The fourth-order valence-electron chi connectivity index (χ4n) is 3.30. The van der Waals surface area contributed by atoms with Crippen molar-refractivity contribution in [3.05, 3.63) is 35.9 Å². The van der Waals surface area contributed by atoms with Gasteiger partial charge in [-0.05, 0) is 37.4 Å². The largest absolute Gasteiger partial charge is 0.341 e. The van der Waals surface area contributed by atoms with Gasteiger partial charge in [-0.3, -0.25) is 9.69 Å². The number of likely N-dealkylation sites (N-methyl/N-ethyl adjacent to an activating group) is 1. The van der Waals surface area contributed by atoms with E-state index in [-0.39, 0.29) is 11.9 Å². The molecule has 21 heavy (non-hydrogen) atoms. The maximum absolute atomic E-state index is 13.1. The topological polar surface area (TPSA) is 23.6 Å². The average molecular weight is 288 g/mol. The van der Waals surface area contributed by atoms with E-state index >= 15 is 0 Å². The van der Waals surface area contributed by atoms with Crippen LogP contribution < -0.4 is 0 Å². The van der Waals surface area contributed by atoms with Gasteiger partial charge in [0.05, 0.1) is 0 Å². The first-order valence-electron chi connectivity index (χ1n) is 8.25. The number of carbonyl (C=O) groups excluding carboxylic acids is 1. The first-order valence-corrected chi connectivity index (χ1v) is 8.25. The normalized spacial score (nSPS) is 20.6. The number of nitrogens with zero attached hydrogens (tertiary/aromatic N) is 2. The molecule has 0 saturated carbocycles. The lowest BCUT2D eigenvalue weighted by molar-refractivity contribution is -0.139. The predicted octanol–water partition coefficient (Wildman–Crippen LogP) is 3.33. The number of piperidine rings is 1. The van der Waals surface area contributed by atoms with Crippen molar-refractivity contribution >= 4 is 5.91 Å². The molecule has 0 spiro atoms. The Morgan fingerprint density at radius 1 is 1.29 bits per heavy atom. The second-order valence-corrected chi connectivity index (χ2v) is 6.07. The van der Waals surface area contributed by atoms with Crippen LogP contribution in [0.15, 0.2) is 30.3 Å². The quantitative estimate of drug-likeness (QED) is 0.830. The molecule has 0 bridgehead atoms. The average Bonchev–Trinajstić information content (AvgIpc) is 2.52. The molecule has 1 fully saturated rings. The number of amides is 1. The van der Waals surface area contributed by atoms with E-state index in [1.165, 1.54) is 6.42 Å². The molecular weight excluding hydrogens is 260 g/mol. The second-order valence-electron chi connectivity index (χ2n) is 6.07. The molecule has 1 aromatic rings. The van der Waals surface area contributed by atoms with Crippen molar-refractivity contribution in [3.8, 4) is 0 Å². The van der Waals surface area contributed by atoms with Gasteiger partial charge in [0.25, 0.3) is 0 Å². The van der Waals surface area contributed by atoms with Crippen molar-refractivity contribution in [2.45, 2.75) is 39.7 Å². The molecule has 2 atom stereocenters. The summed E-state index contributed by atoms with van der Waals surface area (Å²) in [6.45, 7) is 10.1. The number of hydrogen-bond acceptors (Lipinski definition) is 2. The van der Waals surface area contributed by atoms with E-state index in [2.05, 4.69) is 42.7 Å². The zero-order chi connectivity index (χ0) is 15.2. The van der Waals surface area contributed by atoms with Crippen LogP contribution in [0.5, 0.6) is 0 Å². The minimum Gasteiger partial charge on any atom is -0.341 e. The van der Waals surface area contributed by atoms with Crippen molar-refractivity contribution < 1.29 is 4.79 Å². The maximum atomic E-state index is 13.1. The van der Waals surface area contributed by atoms with E-state index in [9.17, 15) is 4.79 Å². The molecule has 1 aliphatic rings. The highest BCUT2D eigenvalue weighted by molar-refractivity contribution is 5.83. The molecule has 3 nitrogen and oxygen atoms in total. The van der Waals surface area contributed by atoms with E-state index in [0.29, 0.717) is 5.92 Å². The molecule has 1 heterocycles. The summed E-state index contributed by atoms with van der Waals surface area (Å²) < 4.78 is 0. The highest BCUT2D eigenvalue weighted by Crippen LogP contribution is 2.26. The molecule has 1 aliphatic heterocycles. The number of hydrogen-bond donors (Lipinski definition) is 0. The van der Waals surface area contributed by atoms with Crippen molar-refractivity contribution in [2.75, 3.05) is 26.2 Å². The lowest BCUT2D eigenvalue weighted by Crippen LogP contribution is -2.46. The lowest BCUT2D eigenvalue weighted by atomic mass is 9.97. The Hall–Kier alpha value is -1.35. The van der Waals surface area contributed by atoms with Gasteiger partial charge in [0.15, 0.2) is 0 Å². The highest BCUT2D eigenvalue weighted by atomic mass is 16.2. The van der Waals surface area contributed by atoms with Crippen LogP contribution >= 0.6 is 0 Å². The molecule has 0 radical (unpaired) electrons. The number of rotatable bonds is 5.